The van der Waals surface area contributed by atoms with Crippen LogP contribution < -0.4 is 9.64 Å². The Hall–Kier alpha value is -2.62. The number of carbonyl (C=O) groups is 2. The van der Waals surface area contributed by atoms with E-state index in [4.69, 9.17) is 4.74 Å². The monoisotopic (exact) mass is 283 g/mol. The minimum Gasteiger partial charge on any atom is -0.484 e. The molecule has 0 radical (unpaired) electrons. The lowest BCUT2D eigenvalue weighted by Crippen LogP contribution is -2.34. The maximum Gasteiger partial charge on any atom is 0.264 e. The van der Waals surface area contributed by atoms with E-state index in [1.165, 1.54) is 0 Å². The number of hydrogen-bond donors (Lipinski definition) is 0. The van der Waals surface area contributed by atoms with Gasteiger partial charge in [-0.15, -0.1) is 0 Å². The van der Waals surface area contributed by atoms with Crippen LogP contribution in [0.1, 0.15) is 17.3 Å². The molecule has 21 heavy (non-hydrogen) atoms. The van der Waals surface area contributed by atoms with Gasteiger partial charge < -0.3 is 9.64 Å². The topological polar surface area (TPSA) is 46.6 Å². The first-order chi connectivity index (χ1) is 10.2. The molecule has 0 aromatic heterocycles. The number of benzene rings is 2. The summed E-state index contributed by atoms with van der Waals surface area (Å²) in [6, 6.07) is 16.1. The van der Waals surface area contributed by atoms with Crippen LogP contribution >= 0.6 is 0 Å². The van der Waals surface area contributed by atoms with Crippen molar-refractivity contribution >= 4 is 17.9 Å². The molecule has 1 amide bonds. The molecule has 0 saturated carbocycles. The van der Waals surface area contributed by atoms with Crippen LogP contribution in [0, 0.1) is 0 Å². The van der Waals surface area contributed by atoms with Gasteiger partial charge in [-0.05, 0) is 43.3 Å². The summed E-state index contributed by atoms with van der Waals surface area (Å²) in [5.41, 5.74) is 1.43. The minimum atomic E-state index is -0.108. The maximum atomic E-state index is 12.2. The molecule has 2 rings (SSSR count). The molecule has 0 unspecified atom stereocenters. The van der Waals surface area contributed by atoms with E-state index in [0.29, 0.717) is 17.9 Å². The summed E-state index contributed by atoms with van der Waals surface area (Å²) < 4.78 is 5.46. The molecule has 0 saturated heterocycles. The van der Waals surface area contributed by atoms with Gasteiger partial charge in [-0.3, -0.25) is 9.59 Å². The number of anilines is 1. The van der Waals surface area contributed by atoms with Gasteiger partial charge in [0.1, 0.15) is 12.0 Å². The normalized spacial score (nSPS) is 9.95. The van der Waals surface area contributed by atoms with E-state index >= 15 is 0 Å². The number of nitrogens with zero attached hydrogens (tertiary/aromatic N) is 1. The van der Waals surface area contributed by atoms with Crippen LogP contribution in [0.4, 0.5) is 5.69 Å². The first kappa shape index (κ1) is 14.8. The summed E-state index contributed by atoms with van der Waals surface area (Å²) in [4.78, 5) is 24.4. The fourth-order valence-electron chi connectivity index (χ4n) is 1.98. The van der Waals surface area contributed by atoms with Crippen molar-refractivity contribution in [3.63, 3.8) is 0 Å². The largest absolute Gasteiger partial charge is 0.484 e. The Morgan fingerprint density at radius 3 is 2.33 bits per heavy atom. The van der Waals surface area contributed by atoms with Crippen LogP contribution in [-0.4, -0.2) is 25.3 Å². The lowest BCUT2D eigenvalue weighted by atomic mass is 10.2. The number of ether oxygens (including phenoxy) is 1. The Morgan fingerprint density at radius 2 is 1.76 bits per heavy atom. The van der Waals surface area contributed by atoms with Gasteiger partial charge in [0.25, 0.3) is 5.91 Å². The van der Waals surface area contributed by atoms with E-state index in [1.807, 2.05) is 37.3 Å². The van der Waals surface area contributed by atoms with Crippen LogP contribution in [0.3, 0.4) is 0 Å². The molecule has 4 heteroatoms. The first-order valence-electron chi connectivity index (χ1n) is 6.78. The maximum absolute atomic E-state index is 12.2. The number of hydrogen-bond acceptors (Lipinski definition) is 3. The van der Waals surface area contributed by atoms with E-state index in [9.17, 15) is 9.59 Å². The Labute approximate surface area is 124 Å². The highest BCUT2D eigenvalue weighted by molar-refractivity contribution is 5.94. The van der Waals surface area contributed by atoms with E-state index < -0.39 is 0 Å². The standard InChI is InChI=1S/C17H17NO3/c1-2-18(15-6-4-3-5-7-15)17(20)13-21-16-10-8-14(12-19)9-11-16/h3-12H,2,13H2,1H3. The molecular weight excluding hydrogens is 266 g/mol. The molecule has 0 atom stereocenters. The summed E-state index contributed by atoms with van der Waals surface area (Å²) >= 11 is 0. The smallest absolute Gasteiger partial charge is 0.264 e. The molecular formula is C17H17NO3. The van der Waals surface area contributed by atoms with Crippen molar-refractivity contribution < 1.29 is 14.3 Å². The Kier molecular flexibility index (Phi) is 5.10. The number of likely N-dealkylation sites (N-methyl/N-ethyl adjacent to an activating group) is 1. The van der Waals surface area contributed by atoms with Gasteiger partial charge in [0, 0.05) is 17.8 Å². The second-order valence-electron chi connectivity index (χ2n) is 4.45. The van der Waals surface area contributed by atoms with Gasteiger partial charge in [0.2, 0.25) is 0 Å². The lowest BCUT2D eigenvalue weighted by molar-refractivity contribution is -0.120. The van der Waals surface area contributed by atoms with E-state index in [0.717, 1.165) is 12.0 Å². The van der Waals surface area contributed by atoms with Crippen molar-refractivity contribution in [1.82, 2.24) is 0 Å². The molecule has 0 aliphatic rings. The summed E-state index contributed by atoms with van der Waals surface area (Å²) in [7, 11) is 0. The second-order valence-corrected chi connectivity index (χ2v) is 4.45. The molecule has 0 aliphatic carbocycles. The lowest BCUT2D eigenvalue weighted by Gasteiger charge is -2.21. The molecule has 2 aromatic carbocycles. The predicted molar refractivity (Wildman–Crippen MR) is 81.8 cm³/mol. The van der Waals surface area contributed by atoms with Crippen LogP contribution in [-0.2, 0) is 4.79 Å². The highest BCUT2D eigenvalue weighted by Gasteiger charge is 2.14. The molecule has 0 fully saturated rings. The van der Waals surface area contributed by atoms with Gasteiger partial charge in [0.15, 0.2) is 6.61 Å². The summed E-state index contributed by atoms with van der Waals surface area (Å²) in [5, 5.41) is 0. The molecule has 108 valence electrons. The summed E-state index contributed by atoms with van der Waals surface area (Å²) in [6.07, 6.45) is 0.767. The van der Waals surface area contributed by atoms with Crippen molar-refractivity contribution in [3.05, 3.63) is 60.2 Å². The van der Waals surface area contributed by atoms with Crippen LogP contribution in [0.5, 0.6) is 5.75 Å². The zero-order valence-corrected chi connectivity index (χ0v) is 11.9. The summed E-state index contributed by atoms with van der Waals surface area (Å²) in [6.45, 7) is 2.46. The third kappa shape index (κ3) is 3.92. The fraction of sp³-hybridized carbons (Fsp3) is 0.176. The zero-order valence-electron chi connectivity index (χ0n) is 11.9. The quantitative estimate of drug-likeness (QED) is 0.766. The average molecular weight is 283 g/mol. The molecule has 0 heterocycles. The summed E-state index contributed by atoms with van der Waals surface area (Å²) in [5.74, 6) is 0.459. The third-order valence-corrected chi connectivity index (χ3v) is 3.06. The third-order valence-electron chi connectivity index (χ3n) is 3.06. The zero-order chi connectivity index (χ0) is 15.1. The minimum absolute atomic E-state index is 0.0385. The fourth-order valence-corrected chi connectivity index (χ4v) is 1.98. The van der Waals surface area contributed by atoms with E-state index in [2.05, 4.69) is 0 Å². The van der Waals surface area contributed by atoms with Gasteiger partial charge in [0.05, 0.1) is 0 Å². The molecule has 0 bridgehead atoms. The molecule has 4 nitrogen and oxygen atoms in total. The van der Waals surface area contributed by atoms with E-state index in [1.54, 1.807) is 29.2 Å². The average Bonchev–Trinajstić information content (AvgIpc) is 2.55. The van der Waals surface area contributed by atoms with Crippen molar-refractivity contribution in [1.29, 1.82) is 0 Å². The highest BCUT2D eigenvalue weighted by Crippen LogP contribution is 2.15. The molecule has 0 spiro atoms. The van der Waals surface area contributed by atoms with Crippen LogP contribution in [0.2, 0.25) is 0 Å². The second kappa shape index (κ2) is 7.24. The Morgan fingerprint density at radius 1 is 1.10 bits per heavy atom. The van der Waals surface area contributed by atoms with Crippen molar-refractivity contribution in [2.45, 2.75) is 6.92 Å². The van der Waals surface area contributed by atoms with Crippen LogP contribution in [0.25, 0.3) is 0 Å². The SMILES string of the molecule is CCN(C(=O)COc1ccc(C=O)cc1)c1ccccc1. The highest BCUT2D eigenvalue weighted by atomic mass is 16.5. The van der Waals surface area contributed by atoms with Crippen molar-refractivity contribution in [3.8, 4) is 5.75 Å². The number of rotatable bonds is 6. The van der Waals surface area contributed by atoms with E-state index in [-0.39, 0.29) is 12.5 Å². The predicted octanol–water partition coefficient (Wildman–Crippen LogP) is 2.93. The number of amides is 1. The van der Waals surface area contributed by atoms with Gasteiger partial charge in [-0.2, -0.15) is 0 Å². The van der Waals surface area contributed by atoms with Crippen LogP contribution in [0.15, 0.2) is 54.6 Å². The van der Waals surface area contributed by atoms with Crippen molar-refractivity contribution in [2.75, 3.05) is 18.1 Å². The molecule has 0 N–H and O–H groups in total. The molecule has 0 aliphatic heterocycles. The number of aldehydes is 1. The Balaban J connectivity index is 1.98. The Bertz CT molecular complexity index is 593. The van der Waals surface area contributed by atoms with Crippen molar-refractivity contribution in [2.24, 2.45) is 0 Å². The number of para-hydroxylation sites is 1. The van der Waals surface area contributed by atoms with Gasteiger partial charge in [-0.25, -0.2) is 0 Å². The molecule has 2 aromatic rings. The number of carbonyl (C=O) groups excluding carboxylic acids is 2. The van der Waals surface area contributed by atoms with Gasteiger partial charge >= 0.3 is 0 Å². The van der Waals surface area contributed by atoms with Gasteiger partial charge in [-0.1, -0.05) is 18.2 Å². The first-order valence-corrected chi connectivity index (χ1v) is 6.78.